The molecular formula is C11H12FN3O2. The fraction of sp³-hybridized carbons (Fsp3) is 0.182. The van der Waals surface area contributed by atoms with Gasteiger partial charge in [-0.1, -0.05) is 12.1 Å². The summed E-state index contributed by atoms with van der Waals surface area (Å²) in [5.74, 6) is -0.327. The fourth-order valence-corrected chi connectivity index (χ4v) is 1.59. The maximum atomic E-state index is 13.9. The third kappa shape index (κ3) is 1.94. The summed E-state index contributed by atoms with van der Waals surface area (Å²) >= 11 is 0. The number of aromatic amines is 1. The van der Waals surface area contributed by atoms with E-state index in [0.29, 0.717) is 5.56 Å². The number of aliphatic hydroxyl groups excluding tert-OH is 1. The van der Waals surface area contributed by atoms with Crippen molar-refractivity contribution in [2.45, 2.75) is 6.10 Å². The molecule has 1 aromatic carbocycles. The monoisotopic (exact) mass is 237 g/mol. The van der Waals surface area contributed by atoms with Crippen LogP contribution in [0.5, 0.6) is 5.75 Å². The second-order valence-corrected chi connectivity index (χ2v) is 3.51. The van der Waals surface area contributed by atoms with Crippen molar-refractivity contribution in [3.05, 3.63) is 41.3 Å². The molecule has 2 rings (SSSR count). The Bertz CT molecular complexity index is 527. The number of halogens is 1. The molecule has 0 fully saturated rings. The first-order valence-electron chi connectivity index (χ1n) is 4.94. The molecule has 0 aliphatic heterocycles. The lowest BCUT2D eigenvalue weighted by Gasteiger charge is -2.12. The van der Waals surface area contributed by atoms with Gasteiger partial charge in [0.2, 0.25) is 0 Å². The normalized spacial score (nSPS) is 12.4. The van der Waals surface area contributed by atoms with Gasteiger partial charge >= 0.3 is 0 Å². The first-order valence-corrected chi connectivity index (χ1v) is 4.94. The number of aliphatic hydroxyl groups is 1. The summed E-state index contributed by atoms with van der Waals surface area (Å²) in [6.07, 6.45) is 0.183. The Morgan fingerprint density at radius 3 is 2.82 bits per heavy atom. The first-order chi connectivity index (χ1) is 8.15. The van der Waals surface area contributed by atoms with E-state index in [0.717, 1.165) is 0 Å². The molecule has 0 saturated heterocycles. The number of hydrogen-bond acceptors (Lipinski definition) is 4. The predicted molar refractivity (Wildman–Crippen MR) is 60.0 cm³/mol. The highest BCUT2D eigenvalue weighted by Crippen LogP contribution is 2.30. The van der Waals surface area contributed by atoms with E-state index in [1.54, 1.807) is 6.07 Å². The number of rotatable bonds is 3. The van der Waals surface area contributed by atoms with Crippen LogP contribution in [0.4, 0.5) is 10.2 Å². The standard InChI is InChI=1S/C11H12FN3O2/c1-17-8-4-2-3-6(9(8)12)10(16)7-5-14-15-11(7)13/h2-5,10,16H,1H3,(H3,13,14,15). The van der Waals surface area contributed by atoms with E-state index in [4.69, 9.17) is 10.5 Å². The summed E-state index contributed by atoms with van der Waals surface area (Å²) in [6, 6.07) is 4.54. The molecule has 0 saturated carbocycles. The summed E-state index contributed by atoms with van der Waals surface area (Å²) in [5.41, 5.74) is 5.99. The van der Waals surface area contributed by atoms with Crippen LogP contribution in [0.1, 0.15) is 17.2 Å². The molecule has 1 aromatic heterocycles. The zero-order valence-corrected chi connectivity index (χ0v) is 9.14. The van der Waals surface area contributed by atoms with E-state index >= 15 is 0 Å². The Morgan fingerprint density at radius 1 is 1.47 bits per heavy atom. The van der Waals surface area contributed by atoms with E-state index in [2.05, 4.69) is 10.2 Å². The number of nitrogens with zero attached hydrogens (tertiary/aromatic N) is 1. The molecule has 2 aromatic rings. The zero-order chi connectivity index (χ0) is 12.4. The minimum atomic E-state index is -1.18. The van der Waals surface area contributed by atoms with E-state index in [1.807, 2.05) is 0 Å². The highest BCUT2D eigenvalue weighted by atomic mass is 19.1. The van der Waals surface area contributed by atoms with Crippen molar-refractivity contribution in [3.63, 3.8) is 0 Å². The Balaban J connectivity index is 2.44. The molecule has 4 N–H and O–H groups in total. The minimum absolute atomic E-state index is 0.0728. The molecule has 6 heteroatoms. The molecule has 0 amide bonds. The zero-order valence-electron chi connectivity index (χ0n) is 9.14. The van der Waals surface area contributed by atoms with Crippen molar-refractivity contribution < 1.29 is 14.2 Å². The number of nitrogens with one attached hydrogen (secondary N) is 1. The van der Waals surface area contributed by atoms with Crippen LogP contribution < -0.4 is 10.5 Å². The van der Waals surface area contributed by atoms with Gasteiger partial charge in [-0.05, 0) is 6.07 Å². The number of methoxy groups -OCH3 is 1. The SMILES string of the molecule is COc1cccc(C(O)c2cn[nH]c2N)c1F. The molecule has 1 heterocycles. The largest absolute Gasteiger partial charge is 0.494 e. The van der Waals surface area contributed by atoms with Gasteiger partial charge < -0.3 is 15.6 Å². The minimum Gasteiger partial charge on any atom is -0.494 e. The molecule has 0 aliphatic rings. The number of H-pyrrole nitrogens is 1. The Kier molecular flexibility index (Phi) is 2.97. The van der Waals surface area contributed by atoms with Crippen molar-refractivity contribution in [1.29, 1.82) is 0 Å². The number of anilines is 1. The van der Waals surface area contributed by atoms with Gasteiger partial charge in [-0.3, -0.25) is 5.10 Å². The van der Waals surface area contributed by atoms with Crippen molar-refractivity contribution in [2.24, 2.45) is 0 Å². The smallest absolute Gasteiger partial charge is 0.171 e. The van der Waals surface area contributed by atoms with E-state index < -0.39 is 11.9 Å². The molecule has 0 radical (unpaired) electrons. The molecule has 5 nitrogen and oxygen atoms in total. The molecule has 1 atom stereocenters. The highest BCUT2D eigenvalue weighted by molar-refractivity contribution is 5.45. The van der Waals surface area contributed by atoms with Crippen LogP contribution >= 0.6 is 0 Å². The van der Waals surface area contributed by atoms with Crippen molar-refractivity contribution in [1.82, 2.24) is 10.2 Å². The Morgan fingerprint density at radius 2 is 2.24 bits per heavy atom. The molecule has 0 spiro atoms. The van der Waals surface area contributed by atoms with Crippen LogP contribution in [0.25, 0.3) is 0 Å². The lowest BCUT2D eigenvalue weighted by molar-refractivity contribution is 0.214. The van der Waals surface area contributed by atoms with Crippen molar-refractivity contribution >= 4 is 5.82 Å². The van der Waals surface area contributed by atoms with Gasteiger partial charge in [0.1, 0.15) is 11.9 Å². The van der Waals surface area contributed by atoms with Gasteiger partial charge in [0.15, 0.2) is 11.6 Å². The average molecular weight is 237 g/mol. The van der Waals surface area contributed by atoms with Crippen LogP contribution in [-0.4, -0.2) is 22.4 Å². The van der Waals surface area contributed by atoms with Crippen LogP contribution in [0.2, 0.25) is 0 Å². The fourth-order valence-electron chi connectivity index (χ4n) is 1.59. The van der Waals surface area contributed by atoms with Gasteiger partial charge in [-0.2, -0.15) is 5.10 Å². The number of nitrogen functional groups attached to an aromatic ring is 1. The maximum absolute atomic E-state index is 13.9. The maximum Gasteiger partial charge on any atom is 0.171 e. The first kappa shape index (κ1) is 11.4. The predicted octanol–water partition coefficient (Wildman–Crippen LogP) is 1.22. The molecule has 0 bridgehead atoms. The van der Waals surface area contributed by atoms with E-state index in [9.17, 15) is 9.50 Å². The molecule has 17 heavy (non-hydrogen) atoms. The molecule has 90 valence electrons. The number of benzene rings is 1. The Labute approximate surface area is 97.0 Å². The second-order valence-electron chi connectivity index (χ2n) is 3.51. The van der Waals surface area contributed by atoms with Crippen LogP contribution in [-0.2, 0) is 0 Å². The molecular weight excluding hydrogens is 225 g/mol. The van der Waals surface area contributed by atoms with Gasteiger partial charge in [-0.25, -0.2) is 4.39 Å². The molecule has 1 unspecified atom stereocenters. The average Bonchev–Trinajstić information content (AvgIpc) is 2.75. The van der Waals surface area contributed by atoms with Crippen LogP contribution in [0, 0.1) is 5.82 Å². The van der Waals surface area contributed by atoms with Gasteiger partial charge in [0.25, 0.3) is 0 Å². The quantitative estimate of drug-likeness (QED) is 0.749. The highest BCUT2D eigenvalue weighted by Gasteiger charge is 2.20. The van der Waals surface area contributed by atoms with Gasteiger partial charge in [0, 0.05) is 11.1 Å². The van der Waals surface area contributed by atoms with Crippen molar-refractivity contribution in [3.8, 4) is 5.75 Å². The van der Waals surface area contributed by atoms with Crippen molar-refractivity contribution in [2.75, 3.05) is 12.8 Å². The third-order valence-electron chi connectivity index (χ3n) is 2.50. The summed E-state index contributed by atoms with van der Waals surface area (Å²) in [5, 5.41) is 16.2. The molecule has 0 aliphatic carbocycles. The number of ether oxygens (including phenoxy) is 1. The summed E-state index contributed by atoms with van der Waals surface area (Å²) < 4.78 is 18.7. The third-order valence-corrected chi connectivity index (χ3v) is 2.50. The number of aromatic nitrogens is 2. The number of nitrogens with two attached hydrogens (primary N) is 1. The summed E-state index contributed by atoms with van der Waals surface area (Å²) in [4.78, 5) is 0. The van der Waals surface area contributed by atoms with Crippen LogP contribution in [0.15, 0.2) is 24.4 Å². The van der Waals surface area contributed by atoms with E-state index in [-0.39, 0.29) is 17.1 Å². The van der Waals surface area contributed by atoms with Gasteiger partial charge in [-0.15, -0.1) is 0 Å². The van der Waals surface area contributed by atoms with Crippen LogP contribution in [0.3, 0.4) is 0 Å². The lowest BCUT2D eigenvalue weighted by atomic mass is 10.0. The lowest BCUT2D eigenvalue weighted by Crippen LogP contribution is -2.05. The topological polar surface area (TPSA) is 84.2 Å². The summed E-state index contributed by atoms with van der Waals surface area (Å²) in [6.45, 7) is 0. The number of hydrogen-bond donors (Lipinski definition) is 3. The second kappa shape index (κ2) is 4.42. The summed E-state index contributed by atoms with van der Waals surface area (Å²) in [7, 11) is 1.36. The van der Waals surface area contributed by atoms with E-state index in [1.165, 1.54) is 25.4 Å². The Hall–Kier alpha value is -2.08. The van der Waals surface area contributed by atoms with Gasteiger partial charge in [0.05, 0.1) is 13.3 Å².